The number of aliphatic carboxylic acids is 1. The number of rotatable bonds is 11. The highest BCUT2D eigenvalue weighted by molar-refractivity contribution is 7.89. The number of anilines is 1. The van der Waals surface area contributed by atoms with Crippen molar-refractivity contribution in [2.75, 3.05) is 18.5 Å². The Bertz CT molecular complexity index is 1360. The van der Waals surface area contributed by atoms with Crippen LogP contribution < -0.4 is 25.7 Å². The van der Waals surface area contributed by atoms with Gasteiger partial charge in [-0.25, -0.2) is 13.2 Å². The fraction of sp³-hybridized carbons (Fsp3) is 0.261. The van der Waals surface area contributed by atoms with Gasteiger partial charge in [0.2, 0.25) is 10.0 Å². The first-order valence-corrected chi connectivity index (χ1v) is 12.3. The van der Waals surface area contributed by atoms with E-state index in [2.05, 4.69) is 10.6 Å². The Morgan fingerprint density at radius 2 is 1.80 bits per heavy atom. The minimum Gasteiger partial charge on any atom is -0.492 e. The Balaban J connectivity index is 1.67. The minimum atomic E-state index is -4.12. The van der Waals surface area contributed by atoms with Crippen molar-refractivity contribution in [3.8, 4) is 5.75 Å². The number of nitrogens with one attached hydrogen (secondary N) is 3. The van der Waals surface area contributed by atoms with Crippen LogP contribution in [0.3, 0.4) is 0 Å². The fourth-order valence-corrected chi connectivity index (χ4v) is 4.29. The quantitative estimate of drug-likeness (QED) is 0.292. The molecule has 0 aliphatic carbocycles. The number of ether oxygens (including phenoxy) is 1. The molecular weight excluding hydrogens is 476 g/mol. The van der Waals surface area contributed by atoms with Crippen molar-refractivity contribution in [3.63, 3.8) is 0 Å². The monoisotopic (exact) mass is 502 g/mol. The van der Waals surface area contributed by atoms with Crippen molar-refractivity contribution in [1.29, 1.82) is 0 Å². The summed E-state index contributed by atoms with van der Waals surface area (Å²) in [4.78, 5) is 36.6. The third kappa shape index (κ3) is 6.80. The normalized spacial score (nSPS) is 12.1. The molecule has 0 unspecified atom stereocenters. The molecule has 0 saturated carbocycles. The Labute approximate surface area is 201 Å². The molecule has 35 heavy (non-hydrogen) atoms. The van der Waals surface area contributed by atoms with E-state index in [1.807, 2.05) is 11.6 Å². The van der Waals surface area contributed by atoms with Crippen LogP contribution >= 0.6 is 0 Å². The topological polar surface area (TPSA) is 155 Å². The van der Waals surface area contributed by atoms with Crippen molar-refractivity contribution in [1.82, 2.24) is 14.4 Å². The molecule has 0 saturated heterocycles. The van der Waals surface area contributed by atoms with Gasteiger partial charge in [0.25, 0.3) is 5.56 Å². The van der Waals surface area contributed by atoms with Gasteiger partial charge in [0.15, 0.2) is 0 Å². The maximum absolute atomic E-state index is 12.8. The number of nitrogens with zero attached hydrogens (tertiary/aromatic N) is 1. The SMILES string of the molecule is CCCCOc1ccc2ccc(NC(=O)NC[C@H](NS(=O)(=O)c3ccccc3)C(=O)O)c(=O)n2c1. The highest BCUT2D eigenvalue weighted by Gasteiger charge is 2.26. The summed E-state index contributed by atoms with van der Waals surface area (Å²) in [7, 11) is -4.12. The van der Waals surface area contributed by atoms with Gasteiger partial charge in [-0.15, -0.1) is 0 Å². The molecular formula is C23H26N4O7S. The van der Waals surface area contributed by atoms with Crippen molar-refractivity contribution in [2.45, 2.75) is 30.7 Å². The summed E-state index contributed by atoms with van der Waals surface area (Å²) >= 11 is 0. The average molecular weight is 503 g/mol. The Hall–Kier alpha value is -3.90. The number of urea groups is 1. The predicted molar refractivity (Wildman–Crippen MR) is 129 cm³/mol. The average Bonchev–Trinajstić information content (AvgIpc) is 2.84. The van der Waals surface area contributed by atoms with Crippen LogP contribution in [-0.4, -0.2) is 49.1 Å². The van der Waals surface area contributed by atoms with Gasteiger partial charge in [0.05, 0.1) is 17.7 Å². The molecule has 11 nitrogen and oxygen atoms in total. The standard InChI is InChI=1S/C23H26N4O7S/c1-2-3-13-34-17-11-9-16-10-12-19(21(28)27(16)15-17)25-23(31)24-14-20(22(29)30)26-35(32,33)18-7-5-4-6-8-18/h4-12,15,20,26H,2-3,13-14H2,1H3,(H,29,30)(H2,24,25,31)/t20-/m0/s1. The number of carboxylic acids is 1. The highest BCUT2D eigenvalue weighted by atomic mass is 32.2. The number of pyridine rings is 2. The van der Waals surface area contributed by atoms with Crippen LogP contribution in [0.1, 0.15) is 19.8 Å². The number of sulfonamides is 1. The number of benzene rings is 1. The van der Waals surface area contributed by atoms with Gasteiger partial charge in [0.1, 0.15) is 17.5 Å². The number of fused-ring (bicyclic) bond motifs is 1. The number of unbranched alkanes of at least 4 members (excludes halogenated alkanes) is 1. The predicted octanol–water partition coefficient (Wildman–Crippen LogP) is 2.03. The zero-order valence-corrected chi connectivity index (χ0v) is 19.7. The lowest BCUT2D eigenvalue weighted by atomic mass is 10.3. The van der Waals surface area contributed by atoms with Gasteiger partial charge in [-0.2, -0.15) is 4.72 Å². The van der Waals surface area contributed by atoms with Gasteiger partial charge in [-0.1, -0.05) is 31.5 Å². The van der Waals surface area contributed by atoms with Crippen LogP contribution in [0, 0.1) is 0 Å². The van der Waals surface area contributed by atoms with E-state index in [1.54, 1.807) is 24.3 Å². The Kier molecular flexibility index (Phi) is 8.44. The lowest BCUT2D eigenvalue weighted by Gasteiger charge is -2.16. The Morgan fingerprint density at radius 3 is 2.49 bits per heavy atom. The largest absolute Gasteiger partial charge is 0.492 e. The number of aromatic nitrogens is 1. The van der Waals surface area contributed by atoms with Crippen LogP contribution in [0.5, 0.6) is 5.75 Å². The minimum absolute atomic E-state index is 0.0533. The summed E-state index contributed by atoms with van der Waals surface area (Å²) in [5.41, 5.74) is 0.0191. The molecule has 0 bridgehead atoms. The molecule has 3 rings (SSSR count). The van der Waals surface area contributed by atoms with E-state index in [9.17, 15) is 27.9 Å². The van der Waals surface area contributed by atoms with E-state index in [4.69, 9.17) is 4.74 Å². The number of carbonyl (C=O) groups is 2. The van der Waals surface area contributed by atoms with E-state index in [1.165, 1.54) is 40.9 Å². The molecule has 3 aromatic rings. The molecule has 0 aliphatic heterocycles. The van der Waals surface area contributed by atoms with E-state index < -0.39 is 40.2 Å². The van der Waals surface area contributed by atoms with Crippen LogP contribution in [0.2, 0.25) is 0 Å². The number of carboxylic acid groups (broad SMARTS) is 1. The maximum atomic E-state index is 12.8. The molecule has 2 aromatic heterocycles. The second kappa shape index (κ2) is 11.5. The number of hydrogen-bond acceptors (Lipinski definition) is 6. The second-order valence-corrected chi connectivity index (χ2v) is 9.29. The smallest absolute Gasteiger partial charge is 0.323 e. The first kappa shape index (κ1) is 25.7. The van der Waals surface area contributed by atoms with Gasteiger partial charge in [-0.05, 0) is 42.8 Å². The third-order valence-corrected chi connectivity index (χ3v) is 6.44. The number of hydrogen-bond donors (Lipinski definition) is 4. The summed E-state index contributed by atoms with van der Waals surface area (Å²) < 4.78 is 33.8. The summed E-state index contributed by atoms with van der Waals surface area (Å²) in [5.74, 6) is -0.976. The summed E-state index contributed by atoms with van der Waals surface area (Å²) in [6.45, 7) is 1.99. The van der Waals surface area contributed by atoms with E-state index in [0.717, 1.165) is 12.8 Å². The Morgan fingerprint density at radius 1 is 1.09 bits per heavy atom. The number of carbonyl (C=O) groups excluding carboxylic acids is 1. The van der Waals surface area contributed by atoms with Crippen molar-refractivity contribution in [3.05, 3.63) is 71.1 Å². The fourth-order valence-electron chi connectivity index (χ4n) is 3.08. The molecule has 1 aromatic carbocycles. The zero-order chi connectivity index (χ0) is 25.4. The highest BCUT2D eigenvalue weighted by Crippen LogP contribution is 2.14. The van der Waals surface area contributed by atoms with E-state index in [0.29, 0.717) is 17.9 Å². The molecule has 1 atom stereocenters. The molecule has 0 fully saturated rings. The van der Waals surface area contributed by atoms with Crippen LogP contribution in [-0.2, 0) is 14.8 Å². The van der Waals surface area contributed by atoms with Crippen molar-refractivity contribution >= 4 is 33.2 Å². The molecule has 2 heterocycles. The van der Waals surface area contributed by atoms with Gasteiger partial charge >= 0.3 is 12.0 Å². The third-order valence-electron chi connectivity index (χ3n) is 4.95. The van der Waals surface area contributed by atoms with Crippen LogP contribution in [0.4, 0.5) is 10.5 Å². The van der Waals surface area contributed by atoms with Gasteiger partial charge < -0.3 is 20.5 Å². The second-order valence-electron chi connectivity index (χ2n) is 7.57. The number of amides is 2. The summed E-state index contributed by atoms with van der Waals surface area (Å²) in [5, 5.41) is 14.0. The van der Waals surface area contributed by atoms with Crippen LogP contribution in [0.25, 0.3) is 5.52 Å². The summed E-state index contributed by atoms with van der Waals surface area (Å²) in [6.07, 6.45) is 3.36. The van der Waals surface area contributed by atoms with E-state index >= 15 is 0 Å². The lowest BCUT2D eigenvalue weighted by molar-refractivity contribution is -0.138. The molecule has 12 heteroatoms. The molecule has 0 spiro atoms. The molecule has 2 amide bonds. The van der Waals surface area contributed by atoms with Crippen LogP contribution in [0.15, 0.2) is 70.5 Å². The first-order valence-electron chi connectivity index (χ1n) is 10.8. The molecule has 0 radical (unpaired) electrons. The van der Waals surface area contributed by atoms with Gasteiger partial charge in [-0.3, -0.25) is 14.0 Å². The first-order chi connectivity index (χ1) is 16.7. The maximum Gasteiger partial charge on any atom is 0.323 e. The molecule has 186 valence electrons. The zero-order valence-electron chi connectivity index (χ0n) is 18.9. The van der Waals surface area contributed by atoms with Crippen molar-refractivity contribution in [2.24, 2.45) is 0 Å². The lowest BCUT2D eigenvalue weighted by Crippen LogP contribution is -2.49. The molecule has 0 aliphatic rings. The molecule has 4 N–H and O–H groups in total. The van der Waals surface area contributed by atoms with E-state index in [-0.39, 0.29) is 10.6 Å². The van der Waals surface area contributed by atoms with Gasteiger partial charge in [0, 0.05) is 12.1 Å². The summed E-state index contributed by atoms with van der Waals surface area (Å²) in [6, 6.07) is 11.2. The van der Waals surface area contributed by atoms with Crippen molar-refractivity contribution < 1.29 is 27.9 Å².